The molecular weight excluding hydrogens is 486 g/mol. The Bertz CT molecular complexity index is 1120. The van der Waals surface area contributed by atoms with E-state index in [2.05, 4.69) is 29.2 Å². The Morgan fingerprint density at radius 2 is 1.76 bits per heavy atom. The molecule has 2 unspecified atom stereocenters. The first-order valence-corrected chi connectivity index (χ1v) is 13.1. The van der Waals surface area contributed by atoms with Crippen molar-refractivity contribution in [3.8, 4) is 12.3 Å². The molecule has 0 saturated heterocycles. The van der Waals surface area contributed by atoms with Crippen LogP contribution in [0.3, 0.4) is 0 Å². The number of hydrogen-bond acceptors (Lipinski definition) is 5. The molecule has 3 amide bonds. The van der Waals surface area contributed by atoms with Crippen LogP contribution in [-0.4, -0.2) is 46.2 Å². The lowest BCUT2D eigenvalue weighted by Gasteiger charge is -2.43. The highest BCUT2D eigenvalue weighted by molar-refractivity contribution is 7.80. The lowest BCUT2D eigenvalue weighted by molar-refractivity contribution is -0.147. The molecule has 0 heterocycles. The average Bonchev–Trinajstić information content (AvgIpc) is 2.84. The van der Waals surface area contributed by atoms with Crippen LogP contribution in [0.5, 0.6) is 0 Å². The fraction of sp³-hybridized carbons (Fsp3) is 0.414. The van der Waals surface area contributed by atoms with Crippen molar-refractivity contribution in [2.45, 2.75) is 70.3 Å². The maximum absolute atomic E-state index is 13.9. The minimum atomic E-state index is -0.965. The Morgan fingerprint density at radius 3 is 2.27 bits per heavy atom. The molecule has 2 aromatic carbocycles. The Hall–Kier alpha value is -3.44. The van der Waals surface area contributed by atoms with Crippen LogP contribution in [0.25, 0.3) is 0 Å². The maximum atomic E-state index is 13.9. The summed E-state index contributed by atoms with van der Waals surface area (Å²) in [5.74, 6) is 1.94. The van der Waals surface area contributed by atoms with E-state index in [9.17, 15) is 14.4 Å². The van der Waals surface area contributed by atoms with E-state index in [1.54, 1.807) is 49.9 Å². The van der Waals surface area contributed by atoms with Gasteiger partial charge in [0.25, 0.3) is 0 Å². The number of carbonyl (C=O) groups is 3. The van der Waals surface area contributed by atoms with Crippen molar-refractivity contribution in [3.63, 3.8) is 0 Å². The van der Waals surface area contributed by atoms with Gasteiger partial charge in [-0.15, -0.1) is 6.42 Å². The average molecular weight is 522 g/mol. The minimum Gasteiger partial charge on any atom is -0.444 e. The largest absolute Gasteiger partial charge is 0.444 e. The van der Waals surface area contributed by atoms with Crippen molar-refractivity contribution in [2.24, 2.45) is 0 Å². The van der Waals surface area contributed by atoms with E-state index in [0.29, 0.717) is 17.7 Å². The monoisotopic (exact) mass is 521 g/mol. The quantitative estimate of drug-likeness (QED) is 0.341. The minimum absolute atomic E-state index is 0.0513. The molecule has 0 bridgehead atoms. The van der Waals surface area contributed by atoms with Gasteiger partial charge in [0.05, 0.1) is 0 Å². The van der Waals surface area contributed by atoms with E-state index in [0.717, 1.165) is 24.8 Å². The predicted molar refractivity (Wildman–Crippen MR) is 147 cm³/mol. The highest BCUT2D eigenvalue weighted by atomic mass is 32.1. The van der Waals surface area contributed by atoms with Crippen molar-refractivity contribution in [2.75, 3.05) is 5.75 Å². The number of nitrogens with zero attached hydrogens (tertiary/aromatic N) is 1. The molecule has 2 N–H and O–H groups in total. The van der Waals surface area contributed by atoms with Gasteiger partial charge in [-0.2, -0.15) is 12.6 Å². The summed E-state index contributed by atoms with van der Waals surface area (Å²) in [5.41, 5.74) is 1.53. The van der Waals surface area contributed by atoms with Crippen molar-refractivity contribution >= 4 is 30.5 Å². The van der Waals surface area contributed by atoms with Gasteiger partial charge in [-0.1, -0.05) is 48.4 Å². The van der Waals surface area contributed by atoms with Gasteiger partial charge < -0.3 is 20.3 Å². The van der Waals surface area contributed by atoms with Crippen LogP contribution in [0.2, 0.25) is 0 Å². The third kappa shape index (κ3) is 7.77. The summed E-state index contributed by atoms with van der Waals surface area (Å²) >= 11 is 4.33. The zero-order valence-corrected chi connectivity index (χ0v) is 22.5. The number of rotatable bonds is 9. The molecule has 0 spiro atoms. The molecule has 7 nitrogen and oxygen atoms in total. The first-order chi connectivity index (χ1) is 17.6. The molecular formula is C29H35N3O4S. The molecule has 3 rings (SSSR count). The van der Waals surface area contributed by atoms with E-state index in [1.165, 1.54) is 0 Å². The number of amides is 3. The molecule has 2 atom stereocenters. The normalized spacial score (nSPS) is 14.9. The molecule has 196 valence electrons. The highest BCUT2D eigenvalue weighted by Gasteiger charge is 2.41. The van der Waals surface area contributed by atoms with E-state index >= 15 is 0 Å². The van der Waals surface area contributed by atoms with Gasteiger partial charge in [0, 0.05) is 23.9 Å². The van der Waals surface area contributed by atoms with Gasteiger partial charge in [0.2, 0.25) is 11.8 Å². The molecule has 1 aliphatic carbocycles. The number of alkyl carbamates (subject to hydrolysis) is 1. The van der Waals surface area contributed by atoms with Gasteiger partial charge in [-0.05, 0) is 63.3 Å². The van der Waals surface area contributed by atoms with Crippen LogP contribution in [-0.2, 0) is 20.9 Å². The number of ether oxygens (including phenoxy) is 1. The Balaban J connectivity index is 1.93. The van der Waals surface area contributed by atoms with E-state index in [4.69, 9.17) is 11.2 Å². The number of terminal acetylenes is 1. The molecule has 1 fully saturated rings. The Labute approximate surface area is 224 Å². The summed E-state index contributed by atoms with van der Waals surface area (Å²) in [7, 11) is 0. The smallest absolute Gasteiger partial charge is 0.408 e. The van der Waals surface area contributed by atoms with Crippen LogP contribution >= 0.6 is 12.6 Å². The van der Waals surface area contributed by atoms with Crippen LogP contribution in [0.1, 0.15) is 62.8 Å². The fourth-order valence-electron chi connectivity index (χ4n) is 4.08. The number of thiol groups is 1. The molecule has 1 aliphatic rings. The Kier molecular flexibility index (Phi) is 9.65. The second kappa shape index (κ2) is 12.7. The van der Waals surface area contributed by atoms with Crippen LogP contribution in [0, 0.1) is 12.3 Å². The Morgan fingerprint density at radius 1 is 1.11 bits per heavy atom. The predicted octanol–water partition coefficient (Wildman–Crippen LogP) is 4.23. The third-order valence-electron chi connectivity index (χ3n) is 6.12. The second-order valence-electron chi connectivity index (χ2n) is 10.1. The van der Waals surface area contributed by atoms with Crippen molar-refractivity contribution in [1.82, 2.24) is 15.5 Å². The second-order valence-corrected chi connectivity index (χ2v) is 10.4. The summed E-state index contributed by atoms with van der Waals surface area (Å²) in [5, 5.41) is 5.63. The summed E-state index contributed by atoms with van der Waals surface area (Å²) in [6.45, 7) is 5.56. The molecule has 2 aromatic rings. The number of nitrogens with one attached hydrogen (secondary N) is 2. The standard InChI is InChI=1S/C29H35N3O4S/c1-5-20-14-16-22(17-15-20)25(26(33)30-18-21-10-7-6-8-11-21)32(23-12-9-13-23)27(34)24(19-37)31-28(35)36-29(2,3)4/h1,6-8,10-11,14-17,23-25,37H,9,12-13,18-19H2,2-4H3,(H,30,33)(H,31,35). The number of carbonyl (C=O) groups excluding carboxylic acids is 3. The SMILES string of the molecule is C#Cc1ccc(C(C(=O)NCc2ccccc2)N(C(=O)C(CS)NC(=O)OC(C)(C)C)C2CCC2)cc1. The lowest BCUT2D eigenvalue weighted by atomic mass is 9.88. The molecule has 0 aromatic heterocycles. The van der Waals surface area contributed by atoms with Gasteiger partial charge >= 0.3 is 6.09 Å². The molecule has 37 heavy (non-hydrogen) atoms. The van der Waals surface area contributed by atoms with Crippen molar-refractivity contribution in [1.29, 1.82) is 0 Å². The molecule has 0 radical (unpaired) electrons. The summed E-state index contributed by atoms with van der Waals surface area (Å²) in [4.78, 5) is 41.7. The summed E-state index contributed by atoms with van der Waals surface area (Å²) in [6.07, 6.45) is 7.30. The lowest BCUT2D eigenvalue weighted by Crippen LogP contribution is -2.58. The van der Waals surface area contributed by atoms with E-state index < -0.39 is 23.8 Å². The van der Waals surface area contributed by atoms with Gasteiger partial charge in [-0.3, -0.25) is 9.59 Å². The van der Waals surface area contributed by atoms with Crippen LogP contribution in [0.15, 0.2) is 54.6 Å². The number of hydrogen-bond donors (Lipinski definition) is 3. The van der Waals surface area contributed by atoms with Gasteiger partial charge in [-0.25, -0.2) is 4.79 Å². The van der Waals surface area contributed by atoms with E-state index in [-0.39, 0.29) is 23.6 Å². The fourth-order valence-corrected chi connectivity index (χ4v) is 4.33. The van der Waals surface area contributed by atoms with Gasteiger partial charge in [0.1, 0.15) is 17.7 Å². The number of benzene rings is 2. The first-order valence-electron chi connectivity index (χ1n) is 12.4. The maximum Gasteiger partial charge on any atom is 0.408 e. The van der Waals surface area contributed by atoms with Crippen molar-refractivity contribution in [3.05, 3.63) is 71.3 Å². The zero-order valence-electron chi connectivity index (χ0n) is 21.6. The van der Waals surface area contributed by atoms with Crippen LogP contribution < -0.4 is 10.6 Å². The van der Waals surface area contributed by atoms with E-state index in [1.807, 2.05) is 30.3 Å². The topological polar surface area (TPSA) is 87.7 Å². The highest BCUT2D eigenvalue weighted by Crippen LogP contribution is 2.34. The van der Waals surface area contributed by atoms with Crippen LogP contribution in [0.4, 0.5) is 4.79 Å². The molecule has 1 saturated carbocycles. The van der Waals surface area contributed by atoms with Crippen molar-refractivity contribution < 1.29 is 19.1 Å². The summed E-state index contributed by atoms with van der Waals surface area (Å²) in [6, 6.07) is 14.6. The molecule has 0 aliphatic heterocycles. The third-order valence-corrected chi connectivity index (χ3v) is 6.49. The zero-order chi connectivity index (χ0) is 27.0. The first kappa shape index (κ1) is 28.1. The van der Waals surface area contributed by atoms with Gasteiger partial charge in [0.15, 0.2) is 0 Å². The molecule has 8 heteroatoms. The summed E-state index contributed by atoms with van der Waals surface area (Å²) < 4.78 is 5.35.